The highest BCUT2D eigenvalue weighted by atomic mass is 15.1. The summed E-state index contributed by atoms with van der Waals surface area (Å²) in [6.07, 6.45) is 8.94. The minimum absolute atomic E-state index is 0.606. The summed E-state index contributed by atoms with van der Waals surface area (Å²) in [4.78, 5) is 12.8. The van der Waals surface area contributed by atoms with Gasteiger partial charge in [0.05, 0.1) is 18.1 Å². The molecular weight excluding hydrogens is 287 g/mol. The van der Waals surface area contributed by atoms with Gasteiger partial charge in [-0.2, -0.15) is 0 Å². The fourth-order valence-electron chi connectivity index (χ4n) is 2.39. The zero-order valence-corrected chi connectivity index (χ0v) is 12.4. The number of nitrogens with zero attached hydrogens (tertiary/aromatic N) is 6. The molecule has 4 rings (SSSR count). The van der Waals surface area contributed by atoms with Crippen molar-refractivity contribution < 1.29 is 0 Å². The second-order valence-electron chi connectivity index (χ2n) is 5.16. The Kier molecular flexibility index (Phi) is 3.11. The summed E-state index contributed by atoms with van der Waals surface area (Å²) in [7, 11) is 6.18. The number of hydrogen-bond donors (Lipinski definition) is 0. The molecule has 0 amide bonds. The van der Waals surface area contributed by atoms with Crippen LogP contribution in [0.1, 0.15) is 5.82 Å². The second kappa shape index (κ2) is 5.28. The average molecular weight is 298 g/mol. The monoisotopic (exact) mass is 298 g/mol. The third-order valence-electron chi connectivity index (χ3n) is 3.58. The van der Waals surface area contributed by atoms with Gasteiger partial charge in [0.2, 0.25) is 0 Å². The third kappa shape index (κ3) is 2.46. The molecule has 0 aliphatic heterocycles. The normalized spacial score (nSPS) is 11.0. The third-order valence-corrected chi connectivity index (χ3v) is 3.58. The first-order valence-electron chi connectivity index (χ1n) is 7.06. The maximum Gasteiger partial charge on any atom is 0.155 e. The van der Waals surface area contributed by atoms with E-state index in [1.54, 1.807) is 25.5 Å². The van der Waals surface area contributed by atoms with Gasteiger partial charge in [0.25, 0.3) is 0 Å². The van der Waals surface area contributed by atoms with E-state index in [-0.39, 0.29) is 0 Å². The summed E-state index contributed by atoms with van der Waals surface area (Å²) in [5.74, 6) is 0.627. The molecule has 0 fully saturated rings. The van der Waals surface area contributed by atoms with Crippen molar-refractivity contribution in [1.29, 1.82) is 0 Å². The summed E-state index contributed by atoms with van der Waals surface area (Å²) in [6.45, 7) is 1.79. The summed E-state index contributed by atoms with van der Waals surface area (Å²) >= 11 is 0. The van der Waals surface area contributed by atoms with Gasteiger partial charge in [-0.25, -0.2) is 9.97 Å². The van der Waals surface area contributed by atoms with E-state index in [9.17, 15) is 0 Å². The van der Waals surface area contributed by atoms with Gasteiger partial charge in [-0.15, -0.1) is 10.2 Å². The fraction of sp³-hybridized carbons (Fsp3) is 0.0625. The molecule has 6 nitrogen and oxygen atoms in total. The fourth-order valence-corrected chi connectivity index (χ4v) is 2.39. The molecule has 0 saturated carbocycles. The number of aryl methyl sites for hydroxylation is 1. The zero-order valence-electron chi connectivity index (χ0n) is 12.4. The number of fused-ring (bicyclic) bond motifs is 1. The Morgan fingerprint density at radius 2 is 1.91 bits per heavy atom. The minimum atomic E-state index is 0.606. The summed E-state index contributed by atoms with van der Waals surface area (Å²) in [5.41, 5.74) is 4.61. The van der Waals surface area contributed by atoms with E-state index < -0.39 is 0 Å². The molecule has 3 heterocycles. The van der Waals surface area contributed by atoms with Gasteiger partial charge in [-0.1, -0.05) is 23.7 Å². The van der Waals surface area contributed by atoms with Gasteiger partial charge in [-0.3, -0.25) is 4.98 Å². The maximum absolute atomic E-state index is 6.18. The first-order chi connectivity index (χ1) is 11.2. The zero-order chi connectivity index (χ0) is 15.8. The quantitative estimate of drug-likeness (QED) is 0.522. The molecule has 0 N–H and O–H groups in total. The predicted molar refractivity (Wildman–Crippen MR) is 87.4 cm³/mol. The van der Waals surface area contributed by atoms with Gasteiger partial charge >= 0.3 is 0 Å². The van der Waals surface area contributed by atoms with Crippen LogP contribution in [0.2, 0.25) is 0 Å². The molecular formula is C16H11BN6. The van der Waals surface area contributed by atoms with Crippen molar-refractivity contribution >= 4 is 19.0 Å². The molecule has 0 spiro atoms. The Morgan fingerprint density at radius 1 is 1.00 bits per heavy atom. The van der Waals surface area contributed by atoms with Gasteiger partial charge in [0.15, 0.2) is 5.65 Å². The Bertz CT molecular complexity index is 993. The van der Waals surface area contributed by atoms with Crippen molar-refractivity contribution in [2.75, 3.05) is 0 Å². The Hall–Kier alpha value is -3.09. The topological polar surface area (TPSA) is 68.9 Å². The molecule has 4 aromatic rings. The van der Waals surface area contributed by atoms with Crippen LogP contribution in [0.15, 0.2) is 49.2 Å². The number of aromatic nitrogens is 6. The first-order valence-corrected chi connectivity index (χ1v) is 7.06. The van der Waals surface area contributed by atoms with Crippen LogP contribution in [0.3, 0.4) is 0 Å². The second-order valence-corrected chi connectivity index (χ2v) is 5.16. The average Bonchev–Trinajstić information content (AvgIpc) is 3.03. The van der Waals surface area contributed by atoms with E-state index in [1.165, 1.54) is 0 Å². The maximum atomic E-state index is 6.18. The molecule has 108 valence electrons. The lowest BCUT2D eigenvalue weighted by molar-refractivity contribution is 0.914. The molecule has 0 aliphatic rings. The summed E-state index contributed by atoms with van der Waals surface area (Å²) < 4.78 is 1.92. The lowest BCUT2D eigenvalue weighted by Crippen LogP contribution is -2.09. The van der Waals surface area contributed by atoms with E-state index >= 15 is 0 Å². The summed E-state index contributed by atoms with van der Waals surface area (Å²) in [5, 5.41) is 8.09. The van der Waals surface area contributed by atoms with E-state index in [4.69, 9.17) is 7.85 Å². The van der Waals surface area contributed by atoms with Crippen molar-refractivity contribution in [3.63, 3.8) is 0 Å². The molecule has 0 unspecified atom stereocenters. The van der Waals surface area contributed by atoms with Crippen molar-refractivity contribution in [2.24, 2.45) is 0 Å². The van der Waals surface area contributed by atoms with Crippen molar-refractivity contribution in [2.45, 2.75) is 6.92 Å². The molecule has 0 atom stereocenters. The molecule has 1 aromatic carbocycles. The van der Waals surface area contributed by atoms with Crippen LogP contribution in [0, 0.1) is 6.92 Å². The molecule has 23 heavy (non-hydrogen) atoms. The van der Waals surface area contributed by atoms with Gasteiger partial charge < -0.3 is 4.40 Å². The summed E-state index contributed by atoms with van der Waals surface area (Å²) in [6, 6.07) is 5.74. The van der Waals surface area contributed by atoms with Crippen LogP contribution in [0.25, 0.3) is 28.2 Å². The molecule has 7 heteroatoms. The van der Waals surface area contributed by atoms with Gasteiger partial charge in [0.1, 0.15) is 19.4 Å². The largest absolute Gasteiger partial charge is 0.304 e. The van der Waals surface area contributed by atoms with Crippen molar-refractivity contribution in [3.8, 4) is 22.5 Å². The van der Waals surface area contributed by atoms with Crippen LogP contribution < -0.4 is 5.46 Å². The molecule has 3 aromatic heterocycles. The van der Waals surface area contributed by atoms with Gasteiger partial charge in [-0.05, 0) is 12.5 Å². The Morgan fingerprint density at radius 3 is 2.70 bits per heavy atom. The number of rotatable bonds is 2. The van der Waals surface area contributed by atoms with E-state index in [1.807, 2.05) is 35.0 Å². The number of benzene rings is 1. The van der Waals surface area contributed by atoms with E-state index in [0.717, 1.165) is 22.5 Å². The molecule has 0 bridgehead atoms. The van der Waals surface area contributed by atoms with Crippen molar-refractivity contribution in [3.05, 3.63) is 55.0 Å². The lowest BCUT2D eigenvalue weighted by atomic mass is 9.87. The van der Waals surface area contributed by atoms with Gasteiger partial charge in [0, 0.05) is 24.2 Å². The van der Waals surface area contributed by atoms with Crippen LogP contribution in [-0.4, -0.2) is 37.4 Å². The molecule has 2 radical (unpaired) electrons. The Balaban J connectivity index is 1.76. The van der Waals surface area contributed by atoms with Crippen LogP contribution in [0.4, 0.5) is 0 Å². The smallest absolute Gasteiger partial charge is 0.155 e. The highest BCUT2D eigenvalue weighted by molar-refractivity contribution is 6.36. The Labute approximate surface area is 133 Å². The number of hydrogen-bond acceptors (Lipinski definition) is 5. The number of imidazole rings is 1. The van der Waals surface area contributed by atoms with Crippen LogP contribution >= 0.6 is 0 Å². The van der Waals surface area contributed by atoms with E-state index in [0.29, 0.717) is 17.0 Å². The van der Waals surface area contributed by atoms with E-state index in [2.05, 4.69) is 25.1 Å². The minimum Gasteiger partial charge on any atom is -0.304 e. The molecule has 0 aliphatic carbocycles. The standard InChI is InChI=1S/C16H11BN6/c1-10-19-7-14(22-21-10)12-3-2-11(6-13(12)17)15-9-23-5-4-18-16(23)8-20-15/h2-9H,1H3. The SMILES string of the molecule is [B]c1cc(-c2cn3ccnc3cn2)ccc1-c1cnc(C)nn1. The lowest BCUT2D eigenvalue weighted by Gasteiger charge is -2.08. The van der Waals surface area contributed by atoms with Crippen LogP contribution in [-0.2, 0) is 0 Å². The van der Waals surface area contributed by atoms with Crippen molar-refractivity contribution in [1.82, 2.24) is 29.5 Å². The van der Waals surface area contributed by atoms with Crippen LogP contribution in [0.5, 0.6) is 0 Å². The predicted octanol–water partition coefficient (Wildman–Crippen LogP) is 1.35. The first kappa shape index (κ1) is 13.6. The highest BCUT2D eigenvalue weighted by Gasteiger charge is 2.08. The molecule has 0 saturated heterocycles. The highest BCUT2D eigenvalue weighted by Crippen LogP contribution is 2.20.